The normalized spacial score (nSPS) is 12.1. The fourth-order valence-corrected chi connectivity index (χ4v) is 7.45. The Morgan fingerprint density at radius 2 is 0.732 bits per heavy atom. The minimum atomic E-state index is 0.874. The average molecular weight is 523 g/mol. The van der Waals surface area contributed by atoms with Crippen LogP contribution >= 0.6 is 0 Å². The van der Waals surface area contributed by atoms with Crippen LogP contribution in [0.2, 0.25) is 0 Å². The molecule has 1 nitrogen and oxygen atoms in total. The van der Waals surface area contributed by atoms with Gasteiger partial charge in [-0.1, -0.05) is 109 Å². The number of ether oxygens (including phenoxy) is 1. The molecule has 9 rings (SSSR count). The number of methoxy groups -OCH3 is 1. The highest BCUT2D eigenvalue weighted by Gasteiger charge is 2.25. The van der Waals surface area contributed by atoms with Gasteiger partial charge in [-0.05, 0) is 113 Å². The van der Waals surface area contributed by atoms with Crippen LogP contribution in [0.25, 0.3) is 88.3 Å². The molecule has 7 aromatic rings. The smallest absolute Gasteiger partial charge is 0.120 e. The quantitative estimate of drug-likeness (QED) is 0.224. The van der Waals surface area contributed by atoms with Crippen LogP contribution in [0, 0.1) is 6.92 Å². The molecule has 7 aromatic carbocycles. The lowest BCUT2D eigenvalue weighted by molar-refractivity contribution is 0.415. The van der Waals surface area contributed by atoms with Crippen molar-refractivity contribution in [3.8, 4) is 72.5 Å². The molecule has 0 saturated carbocycles. The van der Waals surface area contributed by atoms with Gasteiger partial charge >= 0.3 is 0 Å². The van der Waals surface area contributed by atoms with Crippen molar-refractivity contribution in [2.75, 3.05) is 7.11 Å². The fraction of sp³-hybridized carbons (Fsp3) is 0.0500. The average Bonchev–Trinajstić information content (AvgIpc) is 3.53. The van der Waals surface area contributed by atoms with Gasteiger partial charge in [0.25, 0.3) is 0 Å². The van der Waals surface area contributed by atoms with Gasteiger partial charge in [0.1, 0.15) is 5.75 Å². The van der Waals surface area contributed by atoms with Crippen molar-refractivity contribution in [2.24, 2.45) is 0 Å². The molecular weight excluding hydrogens is 496 g/mol. The van der Waals surface area contributed by atoms with E-state index < -0.39 is 0 Å². The summed E-state index contributed by atoms with van der Waals surface area (Å²) in [6, 6.07) is 44.6. The van der Waals surface area contributed by atoms with Gasteiger partial charge in [0.15, 0.2) is 0 Å². The molecule has 41 heavy (non-hydrogen) atoms. The molecule has 0 heterocycles. The highest BCUT2D eigenvalue weighted by atomic mass is 16.5. The second-order valence-corrected chi connectivity index (χ2v) is 11.2. The van der Waals surface area contributed by atoms with E-state index in [0.717, 1.165) is 5.75 Å². The summed E-state index contributed by atoms with van der Waals surface area (Å²) in [6.07, 6.45) is 0. The Morgan fingerprint density at radius 1 is 0.366 bits per heavy atom. The standard InChI is InChI=1S/C40H26O/c1-23-37(29-17-19-35-27-11-5-3-9-25(27)31-13-7-15-33(29)39(31)35)21-24(41-2)22-38(23)30-18-20-36-28-12-6-4-10-26(28)32-14-8-16-34(30)40(32)36/h3-22H,1-2H3. The zero-order valence-corrected chi connectivity index (χ0v) is 23.0. The molecule has 2 aliphatic rings. The van der Waals surface area contributed by atoms with Crippen LogP contribution in [0.4, 0.5) is 0 Å². The zero-order chi connectivity index (χ0) is 27.2. The largest absolute Gasteiger partial charge is 0.497 e. The molecule has 2 aliphatic carbocycles. The van der Waals surface area contributed by atoms with E-state index in [1.54, 1.807) is 7.11 Å². The summed E-state index contributed by atoms with van der Waals surface area (Å²) < 4.78 is 5.94. The molecule has 192 valence electrons. The molecular formula is C40H26O. The first-order valence-electron chi connectivity index (χ1n) is 14.2. The molecule has 0 unspecified atom stereocenters. The molecule has 0 amide bonds. The number of hydrogen-bond acceptors (Lipinski definition) is 1. The maximum Gasteiger partial charge on any atom is 0.120 e. The van der Waals surface area contributed by atoms with Gasteiger partial charge < -0.3 is 4.74 Å². The lowest BCUT2D eigenvalue weighted by Crippen LogP contribution is -1.94. The first kappa shape index (κ1) is 22.7. The number of hydrogen-bond donors (Lipinski definition) is 0. The molecule has 0 spiro atoms. The predicted molar refractivity (Wildman–Crippen MR) is 172 cm³/mol. The maximum atomic E-state index is 5.94. The van der Waals surface area contributed by atoms with Crippen LogP contribution in [0.5, 0.6) is 5.75 Å². The van der Waals surface area contributed by atoms with Crippen LogP contribution in [0.1, 0.15) is 5.56 Å². The van der Waals surface area contributed by atoms with Crippen molar-refractivity contribution >= 4 is 21.5 Å². The lowest BCUT2D eigenvalue weighted by atomic mass is 9.86. The topological polar surface area (TPSA) is 9.23 Å². The summed E-state index contributed by atoms with van der Waals surface area (Å²) in [5.74, 6) is 0.874. The van der Waals surface area contributed by atoms with Gasteiger partial charge in [0, 0.05) is 0 Å². The van der Waals surface area contributed by atoms with Crippen molar-refractivity contribution in [1.29, 1.82) is 0 Å². The Hall–Kier alpha value is -5.14. The lowest BCUT2D eigenvalue weighted by Gasteiger charge is -2.18. The minimum absolute atomic E-state index is 0.874. The van der Waals surface area contributed by atoms with E-state index in [2.05, 4.69) is 128 Å². The predicted octanol–water partition coefficient (Wildman–Crippen LogP) is 10.9. The van der Waals surface area contributed by atoms with E-state index in [-0.39, 0.29) is 0 Å². The van der Waals surface area contributed by atoms with Crippen molar-refractivity contribution in [3.05, 3.63) is 127 Å². The molecule has 1 heteroatoms. The number of rotatable bonds is 3. The Kier molecular flexibility index (Phi) is 4.52. The third-order valence-electron chi connectivity index (χ3n) is 9.29. The molecule has 0 aliphatic heterocycles. The van der Waals surface area contributed by atoms with Gasteiger partial charge in [-0.3, -0.25) is 0 Å². The molecule has 0 atom stereocenters. The van der Waals surface area contributed by atoms with Crippen LogP contribution in [-0.4, -0.2) is 7.11 Å². The van der Waals surface area contributed by atoms with Crippen molar-refractivity contribution in [2.45, 2.75) is 6.92 Å². The van der Waals surface area contributed by atoms with Gasteiger partial charge in [0.2, 0.25) is 0 Å². The first-order chi connectivity index (χ1) is 20.2. The van der Waals surface area contributed by atoms with E-state index in [1.165, 1.54) is 93.9 Å². The Bertz CT molecular complexity index is 2040. The maximum absolute atomic E-state index is 5.94. The van der Waals surface area contributed by atoms with Crippen molar-refractivity contribution in [3.63, 3.8) is 0 Å². The first-order valence-corrected chi connectivity index (χ1v) is 14.2. The Balaban J connectivity index is 1.31. The zero-order valence-electron chi connectivity index (χ0n) is 23.0. The third kappa shape index (κ3) is 2.96. The van der Waals surface area contributed by atoms with Gasteiger partial charge in [-0.15, -0.1) is 0 Å². The van der Waals surface area contributed by atoms with E-state index >= 15 is 0 Å². The summed E-state index contributed by atoms with van der Waals surface area (Å²) in [4.78, 5) is 0. The second kappa shape index (κ2) is 8.19. The highest BCUT2D eigenvalue weighted by Crippen LogP contribution is 2.52. The molecule has 0 fully saturated rings. The molecule has 0 radical (unpaired) electrons. The van der Waals surface area contributed by atoms with E-state index in [1.807, 2.05) is 0 Å². The summed E-state index contributed by atoms with van der Waals surface area (Å²) in [5.41, 5.74) is 16.8. The Morgan fingerprint density at radius 3 is 1.15 bits per heavy atom. The van der Waals surface area contributed by atoms with E-state index in [9.17, 15) is 0 Å². The fourth-order valence-electron chi connectivity index (χ4n) is 7.45. The summed E-state index contributed by atoms with van der Waals surface area (Å²) in [6.45, 7) is 2.26. The van der Waals surface area contributed by atoms with E-state index in [0.29, 0.717) is 0 Å². The molecule has 0 N–H and O–H groups in total. The van der Waals surface area contributed by atoms with Crippen LogP contribution < -0.4 is 4.74 Å². The highest BCUT2D eigenvalue weighted by molar-refractivity contribution is 6.20. The number of fused-ring (bicyclic) bond motifs is 6. The monoisotopic (exact) mass is 522 g/mol. The summed E-state index contributed by atoms with van der Waals surface area (Å²) in [5, 5.41) is 5.26. The Labute approximate surface area is 239 Å². The van der Waals surface area contributed by atoms with Crippen molar-refractivity contribution in [1.82, 2.24) is 0 Å². The van der Waals surface area contributed by atoms with E-state index in [4.69, 9.17) is 4.74 Å². The molecule has 0 bridgehead atoms. The molecule has 0 saturated heterocycles. The third-order valence-corrected chi connectivity index (χ3v) is 9.29. The van der Waals surface area contributed by atoms with Crippen LogP contribution in [0.3, 0.4) is 0 Å². The minimum Gasteiger partial charge on any atom is -0.497 e. The van der Waals surface area contributed by atoms with Gasteiger partial charge in [-0.2, -0.15) is 0 Å². The molecule has 0 aromatic heterocycles. The summed E-state index contributed by atoms with van der Waals surface area (Å²) >= 11 is 0. The summed E-state index contributed by atoms with van der Waals surface area (Å²) in [7, 11) is 1.77. The van der Waals surface area contributed by atoms with Crippen molar-refractivity contribution < 1.29 is 4.74 Å². The van der Waals surface area contributed by atoms with Crippen LogP contribution in [0.15, 0.2) is 121 Å². The SMILES string of the molecule is COc1cc(-c2ccc3c4c(cccc24)-c2ccccc2-3)c(C)c(-c2ccc3c4c(cccc24)-c2ccccc2-3)c1. The number of benzene rings is 7. The van der Waals surface area contributed by atoms with Crippen LogP contribution in [-0.2, 0) is 0 Å². The second-order valence-electron chi connectivity index (χ2n) is 11.2. The van der Waals surface area contributed by atoms with Gasteiger partial charge in [-0.25, -0.2) is 0 Å². The van der Waals surface area contributed by atoms with Gasteiger partial charge in [0.05, 0.1) is 7.11 Å².